The Bertz CT molecular complexity index is 608. The van der Waals surface area contributed by atoms with Gasteiger partial charge >= 0.3 is 0 Å². The minimum atomic E-state index is -1.51. The fourth-order valence-electron chi connectivity index (χ4n) is 3.11. The van der Waals surface area contributed by atoms with E-state index in [1.165, 1.54) is 19.8 Å². The van der Waals surface area contributed by atoms with Gasteiger partial charge in [-0.2, -0.15) is 0 Å². The first-order valence-electron chi connectivity index (χ1n) is 7.88. The first-order chi connectivity index (χ1) is 10.5. The number of anilines is 1. The zero-order valence-corrected chi connectivity index (χ0v) is 13.1. The molecule has 5 nitrogen and oxygen atoms in total. The molecule has 3 rings (SSSR count). The molecule has 0 spiro atoms. The minimum Gasteiger partial charge on any atom is -0.466 e. The summed E-state index contributed by atoms with van der Waals surface area (Å²) in [6, 6.07) is 5.52. The van der Waals surface area contributed by atoms with Gasteiger partial charge in [-0.25, -0.2) is 0 Å². The van der Waals surface area contributed by atoms with Crippen LogP contribution in [0.2, 0.25) is 0 Å². The Morgan fingerprint density at radius 1 is 1.41 bits per heavy atom. The monoisotopic (exact) mass is 302 g/mol. The van der Waals surface area contributed by atoms with Crippen LogP contribution in [0.4, 0.5) is 5.69 Å². The van der Waals surface area contributed by atoms with Gasteiger partial charge in [-0.3, -0.25) is 9.59 Å². The van der Waals surface area contributed by atoms with E-state index in [1.54, 1.807) is 6.07 Å². The summed E-state index contributed by atoms with van der Waals surface area (Å²) in [5, 5.41) is 5.66. The quantitative estimate of drug-likeness (QED) is 0.843. The number of amides is 2. The van der Waals surface area contributed by atoms with E-state index in [9.17, 15) is 9.59 Å². The van der Waals surface area contributed by atoms with Crippen molar-refractivity contribution in [1.29, 1.82) is 0 Å². The zero-order chi connectivity index (χ0) is 15.7. The molecule has 2 N–H and O–H groups in total. The number of benzene rings is 1. The number of rotatable bonds is 3. The van der Waals surface area contributed by atoms with Crippen LogP contribution in [0.5, 0.6) is 5.75 Å². The maximum Gasteiger partial charge on any atom is 0.278 e. The van der Waals surface area contributed by atoms with Crippen LogP contribution in [0.15, 0.2) is 18.2 Å². The molecular weight excluding hydrogens is 280 g/mol. The number of hydrogen-bond acceptors (Lipinski definition) is 3. The second-order valence-corrected chi connectivity index (χ2v) is 6.45. The molecule has 0 radical (unpaired) electrons. The van der Waals surface area contributed by atoms with Crippen molar-refractivity contribution >= 4 is 17.5 Å². The number of nitrogens with one attached hydrogen (secondary N) is 2. The van der Waals surface area contributed by atoms with Gasteiger partial charge in [0.15, 0.2) is 0 Å². The van der Waals surface area contributed by atoms with E-state index in [0.29, 0.717) is 23.9 Å². The molecule has 0 bridgehead atoms. The lowest BCUT2D eigenvalue weighted by molar-refractivity contribution is -0.146. The van der Waals surface area contributed by atoms with Gasteiger partial charge in [0, 0.05) is 6.54 Å². The molecule has 1 unspecified atom stereocenters. The van der Waals surface area contributed by atoms with Gasteiger partial charge in [-0.15, -0.1) is 0 Å². The molecule has 5 heteroatoms. The van der Waals surface area contributed by atoms with E-state index in [0.717, 1.165) is 18.4 Å². The molecule has 1 fully saturated rings. The lowest BCUT2D eigenvalue weighted by atomic mass is 10.0. The molecular formula is C17H22N2O3. The summed E-state index contributed by atoms with van der Waals surface area (Å²) in [5.74, 6) is 0.260. The lowest BCUT2D eigenvalue weighted by Gasteiger charge is -2.33. The first-order valence-corrected chi connectivity index (χ1v) is 7.88. The predicted molar refractivity (Wildman–Crippen MR) is 83.8 cm³/mol. The molecule has 0 saturated heterocycles. The van der Waals surface area contributed by atoms with Crippen LogP contribution in [-0.4, -0.2) is 24.0 Å². The molecule has 1 saturated carbocycles. The van der Waals surface area contributed by atoms with Crippen molar-refractivity contribution < 1.29 is 14.3 Å². The van der Waals surface area contributed by atoms with Crippen LogP contribution in [0.3, 0.4) is 0 Å². The summed E-state index contributed by atoms with van der Waals surface area (Å²) < 4.78 is 5.74. The van der Waals surface area contributed by atoms with Gasteiger partial charge in [0.2, 0.25) is 0 Å². The van der Waals surface area contributed by atoms with Gasteiger partial charge in [0.05, 0.1) is 5.69 Å². The maximum atomic E-state index is 12.5. The Hall–Kier alpha value is -2.04. The maximum absolute atomic E-state index is 12.5. The highest BCUT2D eigenvalue weighted by atomic mass is 16.5. The van der Waals surface area contributed by atoms with Gasteiger partial charge in [-0.05, 0) is 50.3 Å². The fraction of sp³-hybridized carbons (Fsp3) is 0.529. The van der Waals surface area contributed by atoms with E-state index >= 15 is 0 Å². The molecule has 22 heavy (non-hydrogen) atoms. The third-order valence-electron chi connectivity index (χ3n) is 4.59. The number of carbonyl (C=O) groups excluding carboxylic acids is 2. The molecule has 1 aliphatic heterocycles. The summed E-state index contributed by atoms with van der Waals surface area (Å²) in [6.45, 7) is 4.08. The van der Waals surface area contributed by atoms with E-state index < -0.39 is 11.5 Å². The fourth-order valence-corrected chi connectivity index (χ4v) is 3.11. The average Bonchev–Trinajstić information content (AvgIpc) is 2.99. The molecule has 1 aromatic rings. The summed E-state index contributed by atoms with van der Waals surface area (Å²) in [7, 11) is 0. The minimum absolute atomic E-state index is 0.372. The van der Waals surface area contributed by atoms with Crippen LogP contribution in [-0.2, 0) is 9.59 Å². The normalized spacial score (nSPS) is 24.4. The Balaban J connectivity index is 1.72. The van der Waals surface area contributed by atoms with Crippen LogP contribution < -0.4 is 15.4 Å². The number of aryl methyl sites for hydroxylation is 1. The van der Waals surface area contributed by atoms with Crippen LogP contribution >= 0.6 is 0 Å². The summed E-state index contributed by atoms with van der Waals surface area (Å²) in [6.07, 6.45) is 4.74. The van der Waals surface area contributed by atoms with Crippen LogP contribution in [0.1, 0.15) is 38.2 Å². The van der Waals surface area contributed by atoms with Crippen molar-refractivity contribution in [3.63, 3.8) is 0 Å². The SMILES string of the molecule is Cc1ccc2c(c1)NC(=O)C(C)(C(=O)NCC1CCCC1)O2. The number of ether oxygens (including phenoxy) is 1. The first kappa shape index (κ1) is 14.9. The summed E-state index contributed by atoms with van der Waals surface area (Å²) in [4.78, 5) is 24.8. The number of carbonyl (C=O) groups is 2. The molecule has 2 amide bonds. The topological polar surface area (TPSA) is 67.4 Å². The molecule has 1 aliphatic carbocycles. The molecule has 1 atom stereocenters. The van der Waals surface area contributed by atoms with Crippen LogP contribution in [0, 0.1) is 12.8 Å². The smallest absolute Gasteiger partial charge is 0.278 e. The van der Waals surface area contributed by atoms with Gasteiger partial charge in [-0.1, -0.05) is 18.9 Å². The molecule has 1 heterocycles. The van der Waals surface area contributed by atoms with Crippen molar-refractivity contribution in [1.82, 2.24) is 5.32 Å². The number of fused-ring (bicyclic) bond motifs is 1. The van der Waals surface area contributed by atoms with Crippen molar-refractivity contribution in [2.24, 2.45) is 5.92 Å². The van der Waals surface area contributed by atoms with E-state index in [1.807, 2.05) is 19.1 Å². The van der Waals surface area contributed by atoms with Crippen LogP contribution in [0.25, 0.3) is 0 Å². The third-order valence-corrected chi connectivity index (χ3v) is 4.59. The Morgan fingerprint density at radius 2 is 2.14 bits per heavy atom. The highest BCUT2D eigenvalue weighted by Gasteiger charge is 2.47. The van der Waals surface area contributed by atoms with E-state index in [-0.39, 0.29) is 5.91 Å². The average molecular weight is 302 g/mol. The van der Waals surface area contributed by atoms with Gasteiger partial charge in [0.1, 0.15) is 5.75 Å². The highest BCUT2D eigenvalue weighted by molar-refractivity contribution is 6.15. The molecule has 1 aromatic carbocycles. The standard InChI is InChI=1S/C17H22N2O3/c1-11-7-8-14-13(9-11)19-16(21)17(2,22-14)15(20)18-10-12-5-3-4-6-12/h7-9,12H,3-6,10H2,1-2H3,(H,18,20)(H,19,21). The Kier molecular flexibility index (Phi) is 3.81. The van der Waals surface area contributed by atoms with Crippen molar-refractivity contribution in [3.05, 3.63) is 23.8 Å². The second-order valence-electron chi connectivity index (χ2n) is 6.45. The predicted octanol–water partition coefficient (Wildman–Crippen LogP) is 2.39. The lowest BCUT2D eigenvalue weighted by Crippen LogP contribution is -2.59. The summed E-state index contributed by atoms with van der Waals surface area (Å²) >= 11 is 0. The Labute approximate surface area is 130 Å². The van der Waals surface area contributed by atoms with Crippen molar-refractivity contribution in [2.45, 2.75) is 45.1 Å². The second kappa shape index (κ2) is 5.63. The van der Waals surface area contributed by atoms with E-state index in [4.69, 9.17) is 4.74 Å². The molecule has 118 valence electrons. The highest BCUT2D eigenvalue weighted by Crippen LogP contribution is 2.34. The van der Waals surface area contributed by atoms with Gasteiger partial charge < -0.3 is 15.4 Å². The van der Waals surface area contributed by atoms with Gasteiger partial charge in [0.25, 0.3) is 17.4 Å². The molecule has 0 aromatic heterocycles. The zero-order valence-electron chi connectivity index (χ0n) is 13.1. The Morgan fingerprint density at radius 3 is 2.86 bits per heavy atom. The van der Waals surface area contributed by atoms with Crippen molar-refractivity contribution in [2.75, 3.05) is 11.9 Å². The summed E-state index contributed by atoms with van der Waals surface area (Å²) in [5.41, 5.74) is 0.129. The van der Waals surface area contributed by atoms with Crippen molar-refractivity contribution in [3.8, 4) is 5.75 Å². The van der Waals surface area contributed by atoms with E-state index in [2.05, 4.69) is 10.6 Å². The molecule has 2 aliphatic rings. The number of hydrogen-bond donors (Lipinski definition) is 2. The third kappa shape index (κ3) is 2.67. The largest absolute Gasteiger partial charge is 0.466 e.